The highest BCUT2D eigenvalue weighted by atomic mass is 32.1. The van der Waals surface area contributed by atoms with Gasteiger partial charge in [-0.15, -0.1) is 11.3 Å². The standard InChI is InChI=1S/C57H40N2SSi/c1-5-16-41(17-6-1)42-28-31-45(32-29-42)59(47-19-15-18-43(38-47)44-30-37-52-54(39-44)58-40-56-57(52)53-26-13-14-27-55(53)60-56)46-33-35-51(36-34-46)61(48-20-7-2-8-21-48,49-22-9-3-10-23-49)50-24-11-4-12-25-50/h1-40H. The Balaban J connectivity index is 1.05. The van der Waals surface area contributed by atoms with E-state index in [2.05, 4.69) is 241 Å². The Morgan fingerprint density at radius 2 is 0.836 bits per heavy atom. The van der Waals surface area contributed by atoms with E-state index in [-0.39, 0.29) is 0 Å². The lowest BCUT2D eigenvalue weighted by Crippen LogP contribution is -2.74. The van der Waals surface area contributed by atoms with Crippen molar-refractivity contribution in [2.75, 3.05) is 4.90 Å². The van der Waals surface area contributed by atoms with Crippen molar-refractivity contribution in [2.45, 2.75) is 0 Å². The number of thiophene rings is 1. The van der Waals surface area contributed by atoms with E-state index in [0.29, 0.717) is 0 Å². The van der Waals surface area contributed by atoms with Crippen LogP contribution in [0, 0.1) is 0 Å². The van der Waals surface area contributed by atoms with Gasteiger partial charge in [-0.1, -0.05) is 188 Å². The van der Waals surface area contributed by atoms with Crippen LogP contribution in [0.1, 0.15) is 0 Å². The Bertz CT molecular complexity index is 3180. The maximum absolute atomic E-state index is 4.97. The maximum atomic E-state index is 4.97. The van der Waals surface area contributed by atoms with Gasteiger partial charge in [0, 0.05) is 44.1 Å². The Kier molecular flexibility index (Phi) is 9.42. The Morgan fingerprint density at radius 1 is 0.344 bits per heavy atom. The van der Waals surface area contributed by atoms with E-state index in [1.807, 2.05) is 17.5 Å². The van der Waals surface area contributed by atoms with Crippen LogP contribution < -0.4 is 25.6 Å². The molecule has 0 saturated carbocycles. The minimum Gasteiger partial charge on any atom is -0.310 e. The number of hydrogen-bond donors (Lipinski definition) is 0. The predicted molar refractivity (Wildman–Crippen MR) is 264 cm³/mol. The molecule has 2 nitrogen and oxygen atoms in total. The topological polar surface area (TPSA) is 16.1 Å². The molecule has 0 aliphatic heterocycles. The summed E-state index contributed by atoms with van der Waals surface area (Å²) < 4.78 is 2.52. The van der Waals surface area contributed by atoms with Crippen molar-refractivity contribution in [3.8, 4) is 22.3 Å². The van der Waals surface area contributed by atoms with Gasteiger partial charge in [0.1, 0.15) is 0 Å². The summed E-state index contributed by atoms with van der Waals surface area (Å²) in [5.74, 6) is 0. The van der Waals surface area contributed by atoms with Crippen LogP contribution in [0.2, 0.25) is 0 Å². The average molecular weight is 813 g/mol. The van der Waals surface area contributed by atoms with Crippen LogP contribution >= 0.6 is 11.3 Å². The maximum Gasteiger partial charge on any atom is 0.179 e. The van der Waals surface area contributed by atoms with Crippen LogP contribution in [0.4, 0.5) is 17.1 Å². The molecule has 0 N–H and O–H groups in total. The van der Waals surface area contributed by atoms with Gasteiger partial charge in [-0.05, 0) is 91.5 Å². The third-order valence-corrected chi connectivity index (χ3v) is 18.0. The Morgan fingerprint density at radius 3 is 1.48 bits per heavy atom. The van der Waals surface area contributed by atoms with Crippen molar-refractivity contribution >= 4 is 88.3 Å². The van der Waals surface area contributed by atoms with E-state index in [0.717, 1.165) is 33.7 Å². The SMILES string of the molecule is c1ccc(-c2ccc(N(c3ccc([Si](c4ccccc4)(c4ccccc4)c4ccccc4)cc3)c3cccc(-c4ccc5c(c4)ncc4sc6ccccc6c45)c3)cc2)cc1. The van der Waals surface area contributed by atoms with Crippen molar-refractivity contribution in [1.82, 2.24) is 4.98 Å². The van der Waals surface area contributed by atoms with E-state index in [4.69, 9.17) is 4.98 Å². The van der Waals surface area contributed by atoms with Gasteiger partial charge in [-0.25, -0.2) is 0 Å². The van der Waals surface area contributed by atoms with Crippen LogP contribution in [-0.4, -0.2) is 13.1 Å². The summed E-state index contributed by atoms with van der Waals surface area (Å²) in [7, 11) is -2.69. The van der Waals surface area contributed by atoms with Crippen molar-refractivity contribution in [3.05, 3.63) is 243 Å². The second-order valence-corrected chi connectivity index (χ2v) is 20.4. The molecule has 0 aliphatic carbocycles. The fourth-order valence-electron chi connectivity index (χ4n) is 9.22. The molecule has 2 heterocycles. The summed E-state index contributed by atoms with van der Waals surface area (Å²) in [6.45, 7) is 0. The second kappa shape index (κ2) is 15.7. The molecule has 61 heavy (non-hydrogen) atoms. The van der Waals surface area contributed by atoms with E-state index in [9.17, 15) is 0 Å². The van der Waals surface area contributed by atoms with Crippen LogP contribution in [-0.2, 0) is 0 Å². The van der Waals surface area contributed by atoms with E-state index in [1.165, 1.54) is 57.4 Å². The van der Waals surface area contributed by atoms with Gasteiger partial charge in [0.2, 0.25) is 0 Å². The first-order valence-electron chi connectivity index (χ1n) is 20.8. The minimum atomic E-state index is -2.69. The fourth-order valence-corrected chi connectivity index (χ4v) is 15.1. The lowest BCUT2D eigenvalue weighted by molar-refractivity contribution is 1.28. The first-order chi connectivity index (χ1) is 30.2. The van der Waals surface area contributed by atoms with Crippen LogP contribution in [0.5, 0.6) is 0 Å². The largest absolute Gasteiger partial charge is 0.310 e. The monoisotopic (exact) mass is 812 g/mol. The van der Waals surface area contributed by atoms with Crippen molar-refractivity contribution in [1.29, 1.82) is 0 Å². The molecule has 0 aliphatic rings. The normalized spacial score (nSPS) is 11.6. The fraction of sp³-hybridized carbons (Fsp3) is 0. The van der Waals surface area contributed by atoms with Gasteiger partial charge in [0.05, 0.1) is 10.2 Å². The molecule has 0 bridgehead atoms. The van der Waals surface area contributed by atoms with E-state index in [1.54, 1.807) is 0 Å². The van der Waals surface area contributed by atoms with Crippen LogP contribution in [0.3, 0.4) is 0 Å². The van der Waals surface area contributed by atoms with E-state index < -0.39 is 8.07 Å². The van der Waals surface area contributed by atoms with Gasteiger partial charge in [0.15, 0.2) is 8.07 Å². The highest BCUT2D eigenvalue weighted by Gasteiger charge is 2.41. The van der Waals surface area contributed by atoms with E-state index >= 15 is 0 Å². The first-order valence-corrected chi connectivity index (χ1v) is 23.6. The Labute approximate surface area is 361 Å². The third-order valence-electron chi connectivity index (χ3n) is 12.1. The van der Waals surface area contributed by atoms with Crippen LogP contribution in [0.25, 0.3) is 53.3 Å². The molecular weight excluding hydrogens is 773 g/mol. The number of rotatable bonds is 9. The third kappa shape index (κ3) is 6.54. The number of aromatic nitrogens is 1. The summed E-state index contributed by atoms with van der Waals surface area (Å²) in [5.41, 5.74) is 8.95. The molecule has 4 heteroatoms. The quantitative estimate of drug-likeness (QED) is 0.107. The number of fused-ring (bicyclic) bond motifs is 5. The van der Waals surface area contributed by atoms with Crippen molar-refractivity contribution in [2.24, 2.45) is 0 Å². The summed E-state index contributed by atoms with van der Waals surface area (Å²) in [6, 6.07) is 86.7. The molecule has 0 spiro atoms. The molecule has 0 saturated heterocycles. The summed E-state index contributed by atoms with van der Waals surface area (Å²) in [4.78, 5) is 7.36. The van der Waals surface area contributed by atoms with Crippen LogP contribution in [0.15, 0.2) is 243 Å². The number of pyridine rings is 1. The molecule has 0 atom stereocenters. The van der Waals surface area contributed by atoms with Gasteiger partial charge < -0.3 is 4.90 Å². The first kappa shape index (κ1) is 36.7. The highest BCUT2D eigenvalue weighted by molar-refractivity contribution is 7.26. The number of anilines is 3. The average Bonchev–Trinajstić information content (AvgIpc) is 3.73. The van der Waals surface area contributed by atoms with Crippen molar-refractivity contribution < 1.29 is 0 Å². The molecule has 2 aromatic heterocycles. The summed E-state index contributed by atoms with van der Waals surface area (Å²) in [6.07, 6.45) is 2.04. The van der Waals surface area contributed by atoms with Gasteiger partial charge in [-0.3, -0.25) is 4.98 Å². The lowest BCUT2D eigenvalue weighted by atomic mass is 10.0. The molecule has 0 unspecified atom stereocenters. The number of benzene rings is 9. The second-order valence-electron chi connectivity index (χ2n) is 15.5. The number of nitrogens with zero attached hydrogens (tertiary/aromatic N) is 2. The van der Waals surface area contributed by atoms with Gasteiger partial charge in [-0.2, -0.15) is 0 Å². The zero-order chi connectivity index (χ0) is 40.6. The molecule has 0 fully saturated rings. The summed E-state index contributed by atoms with van der Waals surface area (Å²) >= 11 is 1.81. The molecule has 0 amide bonds. The molecular formula is C57H40N2SSi. The molecule has 11 aromatic rings. The number of hydrogen-bond acceptors (Lipinski definition) is 3. The highest BCUT2D eigenvalue weighted by Crippen LogP contribution is 2.40. The smallest absolute Gasteiger partial charge is 0.179 e. The molecule has 288 valence electrons. The summed E-state index contributed by atoms with van der Waals surface area (Å²) in [5, 5.41) is 9.19. The molecule has 11 rings (SSSR count). The predicted octanol–water partition coefficient (Wildman–Crippen LogP) is 12.8. The zero-order valence-corrected chi connectivity index (χ0v) is 35.2. The molecule has 0 radical (unpaired) electrons. The van der Waals surface area contributed by atoms with Crippen molar-refractivity contribution in [3.63, 3.8) is 0 Å². The zero-order valence-electron chi connectivity index (χ0n) is 33.4. The van der Waals surface area contributed by atoms with Gasteiger partial charge in [0.25, 0.3) is 0 Å². The molecule has 9 aromatic carbocycles. The minimum absolute atomic E-state index is 1.01. The lowest BCUT2D eigenvalue weighted by Gasteiger charge is -2.35. The Hall–Kier alpha value is -7.37. The van der Waals surface area contributed by atoms with Gasteiger partial charge >= 0.3 is 0 Å².